The van der Waals surface area contributed by atoms with Gasteiger partial charge in [-0.25, -0.2) is 4.98 Å². The van der Waals surface area contributed by atoms with E-state index < -0.39 is 0 Å². The number of nitrogens with one attached hydrogen (secondary N) is 3. The Kier molecular flexibility index (Phi) is 4.31. The molecule has 1 aromatic heterocycles. The minimum absolute atomic E-state index is 0.130. The van der Waals surface area contributed by atoms with Crippen LogP contribution in [0.15, 0.2) is 6.33 Å². The molecule has 0 bridgehead atoms. The first kappa shape index (κ1) is 13.9. The second-order valence-electron chi connectivity index (χ2n) is 5.56. The van der Waals surface area contributed by atoms with Crippen LogP contribution in [0.5, 0.6) is 0 Å². The van der Waals surface area contributed by atoms with Crippen LogP contribution in [0.2, 0.25) is 0 Å². The smallest absolute Gasteiger partial charge is 0.237 e. The van der Waals surface area contributed by atoms with Crippen LogP contribution in [0.4, 0.5) is 0 Å². The molecule has 0 saturated heterocycles. The highest BCUT2D eigenvalue weighted by Gasteiger charge is 2.30. The maximum absolute atomic E-state index is 12.3. The fourth-order valence-corrected chi connectivity index (χ4v) is 4.26. The lowest BCUT2D eigenvalue weighted by Crippen LogP contribution is -2.50. The number of aromatic amines is 1. The SMILES string of the molecule is CCSC1CCC(NC(=O)C2Cc3nc[nH]c3CN2)C1. The molecule has 5 nitrogen and oxygen atoms in total. The van der Waals surface area contributed by atoms with E-state index in [1.807, 2.05) is 11.8 Å². The summed E-state index contributed by atoms with van der Waals surface area (Å²) >= 11 is 2.02. The third-order valence-electron chi connectivity index (χ3n) is 4.18. The molecule has 0 radical (unpaired) electrons. The van der Waals surface area contributed by atoms with Crippen LogP contribution >= 0.6 is 11.8 Å². The summed E-state index contributed by atoms with van der Waals surface area (Å²) in [6, 6.07) is 0.220. The second kappa shape index (κ2) is 6.18. The molecule has 1 aromatic rings. The summed E-state index contributed by atoms with van der Waals surface area (Å²) in [5.41, 5.74) is 2.13. The van der Waals surface area contributed by atoms with Crippen molar-refractivity contribution in [1.29, 1.82) is 0 Å². The molecule has 3 rings (SSSR count). The number of hydrogen-bond donors (Lipinski definition) is 3. The number of thioether (sulfide) groups is 1. The zero-order valence-electron chi connectivity index (χ0n) is 11.8. The molecule has 3 unspecified atom stereocenters. The molecule has 0 spiro atoms. The first-order chi connectivity index (χ1) is 9.76. The Bertz CT molecular complexity index is 475. The average Bonchev–Trinajstić information content (AvgIpc) is 3.07. The molecule has 3 N–H and O–H groups in total. The van der Waals surface area contributed by atoms with Gasteiger partial charge in [-0.2, -0.15) is 11.8 Å². The van der Waals surface area contributed by atoms with E-state index in [2.05, 4.69) is 27.5 Å². The third-order valence-corrected chi connectivity index (χ3v) is 5.41. The molecule has 3 atom stereocenters. The fraction of sp³-hybridized carbons (Fsp3) is 0.714. The Morgan fingerprint density at radius 3 is 3.30 bits per heavy atom. The van der Waals surface area contributed by atoms with Crippen molar-refractivity contribution >= 4 is 17.7 Å². The van der Waals surface area contributed by atoms with Crippen LogP contribution in [0, 0.1) is 0 Å². The van der Waals surface area contributed by atoms with Gasteiger partial charge in [-0.05, 0) is 25.0 Å². The Morgan fingerprint density at radius 2 is 2.45 bits per heavy atom. The van der Waals surface area contributed by atoms with Crippen LogP contribution in [0.25, 0.3) is 0 Å². The molecule has 2 aliphatic rings. The van der Waals surface area contributed by atoms with Crippen molar-refractivity contribution in [2.45, 2.75) is 56.5 Å². The number of amides is 1. The van der Waals surface area contributed by atoms with Crippen molar-refractivity contribution in [1.82, 2.24) is 20.6 Å². The van der Waals surface area contributed by atoms with Crippen LogP contribution in [0.3, 0.4) is 0 Å². The molecule has 0 aromatic carbocycles. The van der Waals surface area contributed by atoms with Gasteiger partial charge in [0.2, 0.25) is 5.91 Å². The Labute approximate surface area is 123 Å². The molecule has 1 amide bonds. The van der Waals surface area contributed by atoms with E-state index in [1.54, 1.807) is 6.33 Å². The van der Waals surface area contributed by atoms with E-state index in [4.69, 9.17) is 0 Å². The summed E-state index contributed by atoms with van der Waals surface area (Å²) < 4.78 is 0. The molecule has 1 fully saturated rings. The number of rotatable bonds is 4. The molecule has 1 aliphatic carbocycles. The van der Waals surface area contributed by atoms with Gasteiger partial charge in [-0.1, -0.05) is 6.92 Å². The Balaban J connectivity index is 1.51. The number of imidazole rings is 1. The normalized spacial score (nSPS) is 29.1. The lowest BCUT2D eigenvalue weighted by Gasteiger charge is -2.24. The second-order valence-corrected chi connectivity index (χ2v) is 7.14. The van der Waals surface area contributed by atoms with Gasteiger partial charge in [0.25, 0.3) is 0 Å². The zero-order chi connectivity index (χ0) is 13.9. The summed E-state index contributed by atoms with van der Waals surface area (Å²) in [6.07, 6.45) is 5.85. The summed E-state index contributed by atoms with van der Waals surface area (Å²) in [6.45, 7) is 2.90. The molecule has 110 valence electrons. The lowest BCUT2D eigenvalue weighted by molar-refractivity contribution is -0.124. The Morgan fingerprint density at radius 1 is 1.55 bits per heavy atom. The van der Waals surface area contributed by atoms with Gasteiger partial charge in [0.15, 0.2) is 0 Å². The molecular formula is C14H22N4OS. The predicted octanol–water partition coefficient (Wildman–Crippen LogP) is 1.21. The average molecular weight is 294 g/mol. The van der Waals surface area contributed by atoms with Gasteiger partial charge in [-0.3, -0.25) is 10.1 Å². The maximum Gasteiger partial charge on any atom is 0.237 e. The number of carbonyl (C=O) groups is 1. The van der Waals surface area contributed by atoms with Crippen LogP contribution < -0.4 is 10.6 Å². The third kappa shape index (κ3) is 3.01. The van der Waals surface area contributed by atoms with Crippen molar-refractivity contribution in [3.05, 3.63) is 17.7 Å². The molecule has 1 saturated carbocycles. The van der Waals surface area contributed by atoms with Gasteiger partial charge in [0.1, 0.15) is 0 Å². The summed E-state index contributed by atoms with van der Waals surface area (Å²) in [5.74, 6) is 1.29. The number of H-pyrrole nitrogens is 1. The summed E-state index contributed by atoms with van der Waals surface area (Å²) in [5, 5.41) is 7.21. The van der Waals surface area contributed by atoms with E-state index in [9.17, 15) is 4.79 Å². The van der Waals surface area contributed by atoms with Crippen molar-refractivity contribution in [2.75, 3.05) is 5.75 Å². The van der Waals surface area contributed by atoms with E-state index >= 15 is 0 Å². The van der Waals surface area contributed by atoms with Crippen LogP contribution in [0.1, 0.15) is 37.6 Å². The molecule has 1 aliphatic heterocycles. The van der Waals surface area contributed by atoms with E-state index in [0.717, 1.165) is 35.2 Å². The molecule has 20 heavy (non-hydrogen) atoms. The monoisotopic (exact) mass is 294 g/mol. The van der Waals surface area contributed by atoms with Gasteiger partial charge in [0, 0.05) is 24.3 Å². The number of carbonyl (C=O) groups excluding carboxylic acids is 1. The van der Waals surface area contributed by atoms with Gasteiger partial charge < -0.3 is 10.3 Å². The number of nitrogens with zero attached hydrogens (tertiary/aromatic N) is 1. The van der Waals surface area contributed by atoms with Crippen molar-refractivity contribution in [2.24, 2.45) is 0 Å². The number of aromatic nitrogens is 2. The number of fused-ring (bicyclic) bond motifs is 1. The van der Waals surface area contributed by atoms with Gasteiger partial charge in [0.05, 0.1) is 23.8 Å². The highest BCUT2D eigenvalue weighted by Crippen LogP contribution is 2.29. The predicted molar refractivity (Wildman–Crippen MR) is 80.6 cm³/mol. The maximum atomic E-state index is 12.3. The quantitative estimate of drug-likeness (QED) is 0.781. The van der Waals surface area contributed by atoms with Crippen molar-refractivity contribution < 1.29 is 4.79 Å². The van der Waals surface area contributed by atoms with Gasteiger partial charge >= 0.3 is 0 Å². The lowest BCUT2D eigenvalue weighted by atomic mass is 10.0. The van der Waals surface area contributed by atoms with Crippen molar-refractivity contribution in [3.8, 4) is 0 Å². The van der Waals surface area contributed by atoms with E-state index in [1.165, 1.54) is 6.42 Å². The van der Waals surface area contributed by atoms with Crippen LogP contribution in [-0.4, -0.2) is 39.0 Å². The Hall–Kier alpha value is -1.01. The zero-order valence-corrected chi connectivity index (χ0v) is 12.6. The molecular weight excluding hydrogens is 272 g/mol. The van der Waals surface area contributed by atoms with E-state index in [-0.39, 0.29) is 11.9 Å². The fourth-order valence-electron chi connectivity index (χ4n) is 3.11. The van der Waals surface area contributed by atoms with Gasteiger partial charge in [-0.15, -0.1) is 0 Å². The first-order valence-corrected chi connectivity index (χ1v) is 8.47. The standard InChI is InChI=1S/C14H22N4OS/c1-2-20-10-4-3-9(5-10)18-14(19)12-6-11-13(7-15-12)17-8-16-11/h8-10,12,15H,2-7H2,1H3,(H,16,17)(H,18,19). The summed E-state index contributed by atoms with van der Waals surface area (Å²) in [4.78, 5) is 19.7. The minimum atomic E-state index is -0.135. The highest BCUT2D eigenvalue weighted by atomic mass is 32.2. The molecule has 2 heterocycles. The van der Waals surface area contributed by atoms with Crippen molar-refractivity contribution in [3.63, 3.8) is 0 Å². The van der Waals surface area contributed by atoms with Crippen LogP contribution in [-0.2, 0) is 17.8 Å². The topological polar surface area (TPSA) is 69.8 Å². The largest absolute Gasteiger partial charge is 0.352 e. The van der Waals surface area contributed by atoms with E-state index in [0.29, 0.717) is 19.0 Å². The summed E-state index contributed by atoms with van der Waals surface area (Å²) in [7, 11) is 0. The minimum Gasteiger partial charge on any atom is -0.352 e. The highest BCUT2D eigenvalue weighted by molar-refractivity contribution is 7.99. The molecule has 6 heteroatoms. The first-order valence-electron chi connectivity index (χ1n) is 7.42. The number of hydrogen-bond acceptors (Lipinski definition) is 4.